The average Bonchev–Trinajstić information content (AvgIpc) is 3.11. The van der Waals surface area contributed by atoms with Gasteiger partial charge in [0, 0.05) is 18.1 Å². The van der Waals surface area contributed by atoms with Crippen molar-refractivity contribution in [1.29, 1.82) is 0 Å². The van der Waals surface area contributed by atoms with Crippen LogP contribution in [0.2, 0.25) is 0 Å². The van der Waals surface area contributed by atoms with Gasteiger partial charge in [-0.05, 0) is 27.8 Å². The first-order chi connectivity index (χ1) is 15.4. The van der Waals surface area contributed by atoms with Crippen LogP contribution >= 0.6 is 0 Å². The normalized spacial score (nSPS) is 14.2. The highest BCUT2D eigenvalue weighted by atomic mass is 16.6. The molecule has 32 heavy (non-hydrogen) atoms. The van der Waals surface area contributed by atoms with Gasteiger partial charge in [0.15, 0.2) is 5.92 Å². The molecule has 1 aliphatic carbocycles. The van der Waals surface area contributed by atoms with E-state index in [9.17, 15) is 24.8 Å². The Balaban J connectivity index is 1.55. The summed E-state index contributed by atoms with van der Waals surface area (Å²) in [6.07, 6.45) is 0. The number of non-ortho nitro benzene ring substituents is 1. The van der Waals surface area contributed by atoms with Crippen LogP contribution < -0.4 is 5.73 Å². The zero-order valence-electron chi connectivity index (χ0n) is 16.9. The maximum absolute atomic E-state index is 12.8. The summed E-state index contributed by atoms with van der Waals surface area (Å²) in [6, 6.07) is 19.5. The van der Waals surface area contributed by atoms with Crippen LogP contribution in [0.4, 0.5) is 5.69 Å². The van der Waals surface area contributed by atoms with E-state index in [4.69, 9.17) is 10.5 Å². The zero-order valence-corrected chi connectivity index (χ0v) is 16.9. The Morgan fingerprint density at radius 1 is 1.00 bits per heavy atom. The van der Waals surface area contributed by atoms with Crippen LogP contribution in [0.15, 0.2) is 72.8 Å². The molecule has 0 fully saturated rings. The third-order valence-electron chi connectivity index (χ3n) is 5.70. The largest absolute Gasteiger partial charge is 0.481 e. The molecule has 8 nitrogen and oxygen atoms in total. The van der Waals surface area contributed by atoms with E-state index in [2.05, 4.69) is 0 Å². The van der Waals surface area contributed by atoms with E-state index in [0.29, 0.717) is 0 Å². The fraction of sp³-hybridized carbons (Fsp3) is 0.167. The summed E-state index contributed by atoms with van der Waals surface area (Å²) in [5.74, 6) is -4.38. The van der Waals surface area contributed by atoms with Gasteiger partial charge in [-0.15, -0.1) is 0 Å². The van der Waals surface area contributed by atoms with Crippen LogP contribution in [0.25, 0.3) is 11.1 Å². The fourth-order valence-electron chi connectivity index (χ4n) is 4.13. The molecule has 8 heteroatoms. The summed E-state index contributed by atoms with van der Waals surface area (Å²) in [6.45, 7) is -0.0434. The van der Waals surface area contributed by atoms with Crippen LogP contribution in [0.5, 0.6) is 0 Å². The predicted octanol–water partition coefficient (Wildman–Crippen LogP) is 3.65. The molecule has 3 aromatic rings. The zero-order chi connectivity index (χ0) is 22.8. The van der Waals surface area contributed by atoms with Crippen molar-refractivity contribution in [1.82, 2.24) is 0 Å². The van der Waals surface area contributed by atoms with E-state index < -0.39 is 28.8 Å². The molecular formula is C24H20N2O6. The molecular weight excluding hydrogens is 412 g/mol. The van der Waals surface area contributed by atoms with Crippen molar-refractivity contribution >= 4 is 17.6 Å². The molecule has 0 heterocycles. The second-order valence-electron chi connectivity index (χ2n) is 7.55. The first kappa shape index (κ1) is 21.2. The number of nitrogens with zero attached hydrogens (tertiary/aromatic N) is 1. The van der Waals surface area contributed by atoms with Crippen LogP contribution in [0, 0.1) is 16.0 Å². The SMILES string of the molecule is N[C@@H](c1cccc([N+](=O)[O-])c1)[C@@H](C(=O)O)C(=O)OCC1c2ccccc2-c2ccccc21. The first-order valence-electron chi connectivity index (χ1n) is 9.96. The van der Waals surface area contributed by atoms with Gasteiger partial charge < -0.3 is 15.6 Å². The van der Waals surface area contributed by atoms with E-state index in [0.717, 1.165) is 28.3 Å². The van der Waals surface area contributed by atoms with Gasteiger partial charge in [-0.2, -0.15) is 0 Å². The minimum Gasteiger partial charge on any atom is -0.481 e. The smallest absolute Gasteiger partial charge is 0.322 e. The molecule has 3 N–H and O–H groups in total. The van der Waals surface area contributed by atoms with Gasteiger partial charge in [-0.25, -0.2) is 0 Å². The molecule has 4 rings (SSSR count). The monoisotopic (exact) mass is 432 g/mol. The second-order valence-corrected chi connectivity index (χ2v) is 7.55. The van der Waals surface area contributed by atoms with Crippen molar-refractivity contribution < 1.29 is 24.4 Å². The van der Waals surface area contributed by atoms with Gasteiger partial charge in [-0.3, -0.25) is 19.7 Å². The summed E-state index contributed by atoms with van der Waals surface area (Å²) in [7, 11) is 0. The lowest BCUT2D eigenvalue weighted by atomic mass is 9.93. The number of rotatable bonds is 7. The number of carboxylic acids is 1. The van der Waals surface area contributed by atoms with E-state index in [1.54, 1.807) is 0 Å². The fourth-order valence-corrected chi connectivity index (χ4v) is 4.13. The lowest BCUT2D eigenvalue weighted by Crippen LogP contribution is -2.36. The average molecular weight is 432 g/mol. The van der Waals surface area contributed by atoms with Crippen LogP contribution in [-0.2, 0) is 14.3 Å². The molecule has 0 aromatic heterocycles. The van der Waals surface area contributed by atoms with E-state index in [1.807, 2.05) is 48.5 Å². The Bertz CT molecular complexity index is 1160. The molecule has 0 saturated carbocycles. The lowest BCUT2D eigenvalue weighted by Gasteiger charge is -2.21. The highest BCUT2D eigenvalue weighted by Crippen LogP contribution is 2.44. The molecule has 2 atom stereocenters. The summed E-state index contributed by atoms with van der Waals surface area (Å²) in [5, 5.41) is 20.7. The number of nitrogens with two attached hydrogens (primary N) is 1. The molecule has 0 bridgehead atoms. The molecule has 1 aliphatic rings. The highest BCUT2D eigenvalue weighted by Gasteiger charge is 2.37. The van der Waals surface area contributed by atoms with Gasteiger partial charge >= 0.3 is 11.9 Å². The van der Waals surface area contributed by atoms with Crippen molar-refractivity contribution in [2.24, 2.45) is 11.7 Å². The summed E-state index contributed by atoms with van der Waals surface area (Å²) in [4.78, 5) is 35.0. The van der Waals surface area contributed by atoms with Gasteiger partial charge in [0.1, 0.15) is 6.61 Å². The molecule has 0 amide bonds. The summed E-state index contributed by atoms with van der Waals surface area (Å²) >= 11 is 0. The van der Waals surface area contributed by atoms with Gasteiger partial charge in [0.2, 0.25) is 0 Å². The molecule has 0 unspecified atom stereocenters. The number of nitro groups is 1. The molecule has 3 aromatic carbocycles. The molecule has 0 radical (unpaired) electrons. The van der Waals surface area contributed by atoms with Gasteiger partial charge in [0.25, 0.3) is 5.69 Å². The molecule has 0 aliphatic heterocycles. The van der Waals surface area contributed by atoms with E-state index in [1.165, 1.54) is 18.2 Å². The second kappa shape index (κ2) is 8.60. The number of hydrogen-bond donors (Lipinski definition) is 2. The standard InChI is InChI=1S/C24H20N2O6/c25-22(14-6-5-7-15(12-14)26(30)31)21(23(27)28)24(29)32-13-20-18-10-3-1-8-16(18)17-9-2-4-11-19(17)20/h1-12,20-22H,13,25H2,(H,27,28)/t21-,22-/m0/s1. The number of ether oxygens (including phenoxy) is 1. The van der Waals surface area contributed by atoms with Crippen LogP contribution in [0.1, 0.15) is 28.7 Å². The Morgan fingerprint density at radius 2 is 1.59 bits per heavy atom. The first-order valence-corrected chi connectivity index (χ1v) is 9.96. The molecule has 162 valence electrons. The van der Waals surface area contributed by atoms with E-state index in [-0.39, 0.29) is 23.8 Å². The van der Waals surface area contributed by atoms with Crippen molar-refractivity contribution in [3.8, 4) is 11.1 Å². The maximum Gasteiger partial charge on any atom is 0.322 e. The summed E-state index contributed by atoms with van der Waals surface area (Å²) in [5.41, 5.74) is 10.1. The Morgan fingerprint density at radius 3 is 2.16 bits per heavy atom. The Labute approximate surface area is 183 Å². The number of fused-ring (bicyclic) bond motifs is 3. The minimum atomic E-state index is -1.70. The Kier molecular flexibility index (Phi) is 5.70. The van der Waals surface area contributed by atoms with Crippen LogP contribution in [0.3, 0.4) is 0 Å². The lowest BCUT2D eigenvalue weighted by molar-refractivity contribution is -0.384. The quantitative estimate of drug-likeness (QED) is 0.252. The number of hydrogen-bond acceptors (Lipinski definition) is 6. The number of nitro benzene ring substituents is 1. The van der Waals surface area contributed by atoms with Crippen molar-refractivity contribution in [3.63, 3.8) is 0 Å². The Hall–Kier alpha value is -4.04. The number of carboxylic acid groups (broad SMARTS) is 1. The molecule has 0 saturated heterocycles. The van der Waals surface area contributed by atoms with Gasteiger partial charge in [-0.1, -0.05) is 60.7 Å². The van der Waals surface area contributed by atoms with Crippen molar-refractivity contribution in [2.75, 3.05) is 6.61 Å². The third kappa shape index (κ3) is 3.83. The van der Waals surface area contributed by atoms with E-state index >= 15 is 0 Å². The maximum atomic E-state index is 12.8. The number of carbonyl (C=O) groups excluding carboxylic acids is 1. The van der Waals surface area contributed by atoms with Crippen LogP contribution in [-0.4, -0.2) is 28.6 Å². The van der Waals surface area contributed by atoms with Gasteiger partial charge in [0.05, 0.1) is 11.0 Å². The number of esters is 1. The summed E-state index contributed by atoms with van der Waals surface area (Å²) < 4.78 is 5.45. The minimum absolute atomic E-state index is 0.0434. The number of aliphatic carboxylic acids is 1. The highest BCUT2D eigenvalue weighted by molar-refractivity contribution is 5.95. The number of carbonyl (C=O) groups is 2. The van der Waals surface area contributed by atoms with Crippen molar-refractivity contribution in [2.45, 2.75) is 12.0 Å². The third-order valence-corrected chi connectivity index (χ3v) is 5.70. The number of benzene rings is 3. The predicted molar refractivity (Wildman–Crippen MR) is 116 cm³/mol. The van der Waals surface area contributed by atoms with Crippen molar-refractivity contribution in [3.05, 3.63) is 99.6 Å². The topological polar surface area (TPSA) is 133 Å². The molecule has 0 spiro atoms.